The van der Waals surface area contributed by atoms with Gasteiger partial charge in [0, 0.05) is 0 Å². The van der Waals surface area contributed by atoms with Crippen LogP contribution in [-0.4, -0.2) is 27.5 Å². The molecule has 2 atom stereocenters. The van der Waals surface area contributed by atoms with Crippen LogP contribution in [0.5, 0.6) is 0 Å². The van der Waals surface area contributed by atoms with Crippen molar-refractivity contribution in [3.63, 3.8) is 0 Å². The number of rotatable bonds is 2. The van der Waals surface area contributed by atoms with E-state index in [0.29, 0.717) is 5.17 Å². The fraction of sp³-hybridized carbons (Fsp3) is 0.222. The standard InChI is InChI=1S/C18H18N2O2S/c1-18(14-11-7-4-8-12-14)15(13-9-5-3-6-10-13)20(17(21)22)16(19-18)23-2/h3-12,15H,1-2H3,(H,21,22)/t15-,18+/m1/s1. The number of hydrogen-bond donors (Lipinski definition) is 1. The fourth-order valence-corrected chi connectivity index (χ4v) is 3.78. The van der Waals surface area contributed by atoms with Crippen molar-refractivity contribution in [2.75, 3.05) is 6.26 Å². The highest BCUT2D eigenvalue weighted by Crippen LogP contribution is 2.48. The minimum absolute atomic E-state index is 0.383. The molecule has 0 aliphatic carbocycles. The zero-order valence-corrected chi connectivity index (χ0v) is 13.8. The topological polar surface area (TPSA) is 52.9 Å². The number of thioether (sulfide) groups is 1. The highest BCUT2D eigenvalue weighted by atomic mass is 32.2. The normalized spacial score (nSPS) is 23.7. The summed E-state index contributed by atoms with van der Waals surface area (Å²) in [5.74, 6) is 0. The van der Waals surface area contributed by atoms with E-state index in [-0.39, 0.29) is 6.04 Å². The Morgan fingerprint density at radius 3 is 2.22 bits per heavy atom. The van der Waals surface area contributed by atoms with Gasteiger partial charge in [-0.25, -0.2) is 14.7 Å². The minimum atomic E-state index is -0.980. The van der Waals surface area contributed by atoms with Crippen LogP contribution in [0.4, 0.5) is 4.79 Å². The van der Waals surface area contributed by atoms with Gasteiger partial charge in [0.25, 0.3) is 0 Å². The lowest BCUT2D eigenvalue weighted by atomic mass is 9.82. The molecule has 0 aromatic heterocycles. The SMILES string of the molecule is CSC1=N[C@@](C)(c2ccccc2)[C@@H](c2ccccc2)N1C(=O)O. The first kappa shape index (κ1) is 15.6. The maximum Gasteiger partial charge on any atom is 0.414 e. The van der Waals surface area contributed by atoms with E-state index < -0.39 is 11.6 Å². The highest BCUT2D eigenvalue weighted by Gasteiger charge is 2.49. The smallest absolute Gasteiger partial charge is 0.414 e. The average Bonchev–Trinajstić information content (AvgIpc) is 2.90. The van der Waals surface area contributed by atoms with E-state index in [1.54, 1.807) is 0 Å². The summed E-state index contributed by atoms with van der Waals surface area (Å²) in [6, 6.07) is 19.2. The van der Waals surface area contributed by atoms with Crippen LogP contribution < -0.4 is 0 Å². The largest absolute Gasteiger partial charge is 0.465 e. The van der Waals surface area contributed by atoms with E-state index >= 15 is 0 Å². The summed E-state index contributed by atoms with van der Waals surface area (Å²) in [5, 5.41) is 10.3. The third-order valence-corrected chi connectivity index (χ3v) is 4.84. The number of hydrogen-bond acceptors (Lipinski definition) is 3. The Bertz CT molecular complexity index is 733. The number of amidine groups is 1. The lowest BCUT2D eigenvalue weighted by Crippen LogP contribution is -2.39. The summed E-state index contributed by atoms with van der Waals surface area (Å²) in [5.41, 5.74) is 1.29. The molecule has 1 heterocycles. The molecule has 118 valence electrons. The second kappa shape index (κ2) is 6.08. The number of benzene rings is 2. The van der Waals surface area contributed by atoms with Crippen molar-refractivity contribution in [3.8, 4) is 0 Å². The first-order valence-corrected chi connectivity index (χ1v) is 8.57. The molecule has 0 fully saturated rings. The van der Waals surface area contributed by atoms with Gasteiger partial charge in [0.1, 0.15) is 5.54 Å². The second-order valence-corrected chi connectivity index (χ2v) is 6.35. The lowest BCUT2D eigenvalue weighted by molar-refractivity contribution is 0.148. The molecule has 1 N–H and O–H groups in total. The molecule has 23 heavy (non-hydrogen) atoms. The third-order valence-electron chi connectivity index (χ3n) is 4.19. The van der Waals surface area contributed by atoms with Gasteiger partial charge in [0.2, 0.25) is 0 Å². The summed E-state index contributed by atoms with van der Waals surface area (Å²) >= 11 is 1.36. The summed E-state index contributed by atoms with van der Waals surface area (Å²) in [6.45, 7) is 2.00. The Kier molecular flexibility index (Phi) is 4.13. The van der Waals surface area contributed by atoms with Crippen LogP contribution in [0.15, 0.2) is 65.7 Å². The molecule has 4 nitrogen and oxygen atoms in total. The average molecular weight is 326 g/mol. The molecule has 0 saturated heterocycles. The van der Waals surface area contributed by atoms with Gasteiger partial charge in [-0.15, -0.1) is 0 Å². The predicted octanol–water partition coefficient (Wildman–Crippen LogP) is 4.36. The number of nitrogens with zero attached hydrogens (tertiary/aromatic N) is 2. The first-order chi connectivity index (χ1) is 11.1. The molecule has 0 bridgehead atoms. The zero-order chi connectivity index (χ0) is 16.4. The van der Waals surface area contributed by atoms with Crippen molar-refractivity contribution < 1.29 is 9.90 Å². The van der Waals surface area contributed by atoms with Crippen LogP contribution in [0.3, 0.4) is 0 Å². The Morgan fingerprint density at radius 1 is 1.13 bits per heavy atom. The van der Waals surface area contributed by atoms with Gasteiger partial charge in [-0.05, 0) is 24.3 Å². The van der Waals surface area contributed by atoms with Crippen molar-refractivity contribution in [2.24, 2.45) is 4.99 Å². The van der Waals surface area contributed by atoms with Crippen LogP contribution in [0.25, 0.3) is 0 Å². The molecule has 2 aromatic carbocycles. The van der Waals surface area contributed by atoms with Gasteiger partial charge < -0.3 is 5.11 Å². The van der Waals surface area contributed by atoms with Gasteiger partial charge in [0.15, 0.2) is 5.17 Å². The van der Waals surface area contributed by atoms with Gasteiger partial charge in [-0.2, -0.15) is 0 Å². The molecular formula is C18H18N2O2S. The summed E-state index contributed by atoms with van der Waals surface area (Å²) in [4.78, 5) is 18.1. The Balaban J connectivity index is 2.19. The van der Waals surface area contributed by atoms with Crippen molar-refractivity contribution in [1.82, 2.24) is 4.90 Å². The predicted molar refractivity (Wildman–Crippen MR) is 93.8 cm³/mol. The molecular weight excluding hydrogens is 308 g/mol. The molecule has 0 radical (unpaired) electrons. The molecule has 2 aromatic rings. The minimum Gasteiger partial charge on any atom is -0.465 e. The Morgan fingerprint density at radius 2 is 1.70 bits per heavy atom. The van der Waals surface area contributed by atoms with Crippen molar-refractivity contribution >= 4 is 23.0 Å². The van der Waals surface area contributed by atoms with E-state index in [4.69, 9.17) is 4.99 Å². The van der Waals surface area contributed by atoms with E-state index in [0.717, 1.165) is 11.1 Å². The van der Waals surface area contributed by atoms with Crippen molar-refractivity contribution in [1.29, 1.82) is 0 Å². The molecule has 1 amide bonds. The van der Waals surface area contributed by atoms with Crippen LogP contribution in [-0.2, 0) is 5.54 Å². The molecule has 5 heteroatoms. The zero-order valence-electron chi connectivity index (χ0n) is 13.0. The van der Waals surface area contributed by atoms with Gasteiger partial charge in [0.05, 0.1) is 6.04 Å². The van der Waals surface area contributed by atoms with Crippen LogP contribution in [0.2, 0.25) is 0 Å². The number of amides is 1. The highest BCUT2D eigenvalue weighted by molar-refractivity contribution is 8.13. The molecule has 0 unspecified atom stereocenters. The van der Waals surface area contributed by atoms with Crippen molar-refractivity contribution in [2.45, 2.75) is 18.5 Å². The summed E-state index contributed by atoms with van der Waals surface area (Å²) in [7, 11) is 0. The third kappa shape index (κ3) is 2.61. The maximum absolute atomic E-state index is 11.9. The Hall–Kier alpha value is -2.27. The van der Waals surface area contributed by atoms with E-state index in [1.165, 1.54) is 16.7 Å². The number of carbonyl (C=O) groups is 1. The monoisotopic (exact) mass is 326 g/mol. The van der Waals surface area contributed by atoms with Gasteiger partial charge in [-0.3, -0.25) is 0 Å². The van der Waals surface area contributed by atoms with Crippen LogP contribution in [0, 0.1) is 0 Å². The maximum atomic E-state index is 11.9. The number of aliphatic imine (C=N–C) groups is 1. The molecule has 0 spiro atoms. The lowest BCUT2D eigenvalue weighted by Gasteiger charge is -2.33. The van der Waals surface area contributed by atoms with Crippen molar-refractivity contribution in [3.05, 3.63) is 71.8 Å². The fourth-order valence-electron chi connectivity index (χ4n) is 3.12. The molecule has 0 saturated carbocycles. The summed E-state index contributed by atoms with van der Waals surface area (Å²) < 4.78 is 0. The second-order valence-electron chi connectivity index (χ2n) is 5.58. The van der Waals surface area contributed by atoms with Gasteiger partial charge >= 0.3 is 6.09 Å². The van der Waals surface area contributed by atoms with E-state index in [1.807, 2.05) is 73.8 Å². The molecule has 1 aliphatic rings. The van der Waals surface area contributed by atoms with Gasteiger partial charge in [-0.1, -0.05) is 72.4 Å². The number of carboxylic acid groups (broad SMARTS) is 1. The summed E-state index contributed by atoms with van der Waals surface area (Å²) in [6.07, 6.45) is 0.875. The van der Waals surface area contributed by atoms with Crippen LogP contribution >= 0.6 is 11.8 Å². The van der Waals surface area contributed by atoms with Crippen LogP contribution in [0.1, 0.15) is 24.1 Å². The van der Waals surface area contributed by atoms with E-state index in [2.05, 4.69) is 0 Å². The molecule has 1 aliphatic heterocycles. The molecule has 3 rings (SSSR count). The Labute approximate surface area is 139 Å². The van der Waals surface area contributed by atoms with E-state index in [9.17, 15) is 9.90 Å². The quantitative estimate of drug-likeness (QED) is 0.892. The first-order valence-electron chi connectivity index (χ1n) is 7.34.